The monoisotopic (exact) mass is 520 g/mol. The lowest BCUT2D eigenvalue weighted by Crippen LogP contribution is -2.51. The van der Waals surface area contributed by atoms with Crippen molar-refractivity contribution in [3.63, 3.8) is 0 Å². The molecule has 1 aliphatic rings. The number of aliphatic hydroxyl groups excluding tert-OH is 4. The standard InChI is InChI=1S/C27H40N2O6S/c1-17-5-8-19(25-24(33)23(32)22(31)15-36(25)4)14-20(17)13-18-6-9-21(10-7-18)35-12-11-28-26(34)29-27(2,3)16-30/h5-10,14,22-25,30-33,36H,11-13,15-16H2,1-4H3,(H2,28,29,34)/t22-,23-,24-,25?/m1/s1. The fraction of sp³-hybridized carbons (Fsp3) is 0.519. The topological polar surface area (TPSA) is 131 Å². The van der Waals surface area contributed by atoms with Crippen molar-refractivity contribution in [2.75, 3.05) is 31.8 Å². The zero-order valence-corrected chi connectivity index (χ0v) is 22.3. The number of aryl methyl sites for hydroxylation is 1. The highest BCUT2D eigenvalue weighted by Crippen LogP contribution is 2.48. The second-order valence-corrected chi connectivity index (χ2v) is 12.6. The Bertz CT molecular complexity index is 1020. The van der Waals surface area contributed by atoms with E-state index in [1.54, 1.807) is 13.8 Å². The van der Waals surface area contributed by atoms with E-state index >= 15 is 0 Å². The summed E-state index contributed by atoms with van der Waals surface area (Å²) >= 11 is 0. The first kappa shape index (κ1) is 28.3. The van der Waals surface area contributed by atoms with E-state index < -0.39 is 34.7 Å². The van der Waals surface area contributed by atoms with Gasteiger partial charge in [0.05, 0.1) is 30.9 Å². The molecule has 2 aromatic carbocycles. The molecule has 1 heterocycles. The summed E-state index contributed by atoms with van der Waals surface area (Å²) in [6, 6.07) is 13.7. The Morgan fingerprint density at radius 1 is 1.11 bits per heavy atom. The van der Waals surface area contributed by atoms with E-state index in [1.807, 2.05) is 30.3 Å². The number of ether oxygens (including phenoxy) is 1. The van der Waals surface area contributed by atoms with Gasteiger partial charge in [0, 0.05) is 11.0 Å². The molecule has 200 valence electrons. The number of amides is 2. The Morgan fingerprint density at radius 3 is 2.47 bits per heavy atom. The molecule has 0 bridgehead atoms. The van der Waals surface area contributed by atoms with E-state index in [0.717, 1.165) is 28.7 Å². The number of nitrogens with one attached hydrogen (secondary N) is 2. The van der Waals surface area contributed by atoms with Crippen LogP contribution in [0.5, 0.6) is 5.75 Å². The Morgan fingerprint density at radius 2 is 1.81 bits per heavy atom. The maximum absolute atomic E-state index is 11.8. The first-order valence-corrected chi connectivity index (χ1v) is 14.3. The maximum atomic E-state index is 11.8. The molecule has 0 spiro atoms. The fourth-order valence-electron chi connectivity index (χ4n) is 4.36. The maximum Gasteiger partial charge on any atom is 0.315 e. The third-order valence-corrected chi connectivity index (χ3v) is 9.06. The average Bonchev–Trinajstić information content (AvgIpc) is 2.83. The molecule has 1 saturated heterocycles. The zero-order chi connectivity index (χ0) is 26.5. The minimum absolute atomic E-state index is 0.150. The Kier molecular flexibility index (Phi) is 9.66. The molecule has 1 aliphatic heterocycles. The van der Waals surface area contributed by atoms with Gasteiger partial charge < -0.3 is 35.8 Å². The first-order valence-electron chi connectivity index (χ1n) is 12.2. The second-order valence-electron chi connectivity index (χ2n) is 10.2. The molecule has 2 aromatic rings. The number of rotatable bonds is 9. The van der Waals surface area contributed by atoms with Crippen LogP contribution in [0.1, 0.15) is 41.4 Å². The van der Waals surface area contributed by atoms with Gasteiger partial charge in [-0.1, -0.05) is 30.3 Å². The first-order chi connectivity index (χ1) is 17.0. The summed E-state index contributed by atoms with van der Waals surface area (Å²) in [7, 11) is -0.660. The van der Waals surface area contributed by atoms with Gasteiger partial charge in [0.25, 0.3) is 0 Å². The Balaban J connectivity index is 1.56. The van der Waals surface area contributed by atoms with Crippen LogP contribution in [-0.4, -0.2) is 82.1 Å². The fourth-order valence-corrected chi connectivity index (χ4v) is 6.76. The average molecular weight is 521 g/mol. The van der Waals surface area contributed by atoms with Crippen LogP contribution in [0.4, 0.5) is 4.79 Å². The molecule has 36 heavy (non-hydrogen) atoms. The minimum atomic E-state index is -1.12. The van der Waals surface area contributed by atoms with Crippen LogP contribution in [-0.2, 0) is 6.42 Å². The van der Waals surface area contributed by atoms with E-state index in [2.05, 4.69) is 35.9 Å². The number of carbonyl (C=O) groups excluding carboxylic acids is 1. The molecule has 3 rings (SSSR count). The molecular formula is C27H40N2O6S. The highest BCUT2D eigenvalue weighted by atomic mass is 32.2. The van der Waals surface area contributed by atoms with E-state index in [4.69, 9.17) is 4.74 Å². The SMILES string of the molecule is Cc1ccc(C2[C@H](O)[C@H](O)[C@H](O)C[SH]2C)cc1Cc1ccc(OCCNC(=O)NC(C)(C)CO)cc1. The van der Waals surface area contributed by atoms with Gasteiger partial charge in [-0.3, -0.25) is 0 Å². The molecule has 0 aliphatic carbocycles. The van der Waals surface area contributed by atoms with Crippen LogP contribution >= 0.6 is 10.9 Å². The van der Waals surface area contributed by atoms with Crippen molar-refractivity contribution in [3.8, 4) is 5.75 Å². The lowest BCUT2D eigenvalue weighted by Gasteiger charge is -2.42. The van der Waals surface area contributed by atoms with E-state index in [9.17, 15) is 25.2 Å². The summed E-state index contributed by atoms with van der Waals surface area (Å²) in [6.45, 7) is 6.03. The van der Waals surface area contributed by atoms with Gasteiger partial charge in [0.2, 0.25) is 0 Å². The molecule has 8 nitrogen and oxygen atoms in total. The predicted molar refractivity (Wildman–Crippen MR) is 144 cm³/mol. The Hall–Kier alpha value is -2.30. The summed E-state index contributed by atoms with van der Waals surface area (Å²) in [5.41, 5.74) is 3.74. The van der Waals surface area contributed by atoms with Crippen LogP contribution in [0.25, 0.3) is 0 Å². The summed E-state index contributed by atoms with van der Waals surface area (Å²) in [5, 5.41) is 45.3. The van der Waals surface area contributed by atoms with Crippen LogP contribution in [0.15, 0.2) is 42.5 Å². The van der Waals surface area contributed by atoms with Crippen molar-refractivity contribution in [3.05, 3.63) is 64.7 Å². The molecule has 0 aromatic heterocycles. The lowest BCUT2D eigenvalue weighted by atomic mass is 9.94. The highest BCUT2D eigenvalue weighted by molar-refractivity contribution is 8.16. The van der Waals surface area contributed by atoms with Crippen molar-refractivity contribution in [1.29, 1.82) is 0 Å². The number of benzene rings is 2. The third kappa shape index (κ3) is 7.36. The van der Waals surface area contributed by atoms with Gasteiger partial charge in [-0.05, 0) is 67.8 Å². The Labute approximate surface area is 216 Å². The lowest BCUT2D eigenvalue weighted by molar-refractivity contribution is -0.0561. The van der Waals surface area contributed by atoms with E-state index in [-0.39, 0.29) is 17.9 Å². The summed E-state index contributed by atoms with van der Waals surface area (Å²) < 4.78 is 5.72. The van der Waals surface area contributed by atoms with Crippen LogP contribution in [0.3, 0.4) is 0 Å². The molecule has 5 atom stereocenters. The third-order valence-electron chi connectivity index (χ3n) is 6.55. The molecule has 0 radical (unpaired) electrons. The predicted octanol–water partition coefficient (Wildman–Crippen LogP) is 1.80. The molecule has 2 unspecified atom stereocenters. The van der Waals surface area contributed by atoms with E-state index in [1.165, 1.54) is 0 Å². The van der Waals surface area contributed by atoms with Crippen LogP contribution < -0.4 is 15.4 Å². The summed E-state index contributed by atoms with van der Waals surface area (Å²) in [5.74, 6) is 1.22. The molecular weight excluding hydrogens is 480 g/mol. The van der Waals surface area contributed by atoms with Crippen molar-refractivity contribution in [2.45, 2.75) is 56.3 Å². The van der Waals surface area contributed by atoms with Crippen LogP contribution in [0, 0.1) is 6.92 Å². The number of hydrogen-bond acceptors (Lipinski definition) is 6. The molecule has 0 saturated carbocycles. The van der Waals surface area contributed by atoms with Gasteiger partial charge in [-0.2, -0.15) is 0 Å². The number of hydrogen-bond donors (Lipinski definition) is 7. The smallest absolute Gasteiger partial charge is 0.315 e. The quantitative estimate of drug-likeness (QED) is 0.199. The number of urea groups is 1. The largest absolute Gasteiger partial charge is 0.492 e. The molecule has 2 amide bonds. The number of thiol groups is 1. The summed E-state index contributed by atoms with van der Waals surface area (Å²) in [6.07, 6.45) is -0.183. The number of carbonyl (C=O) groups is 1. The zero-order valence-electron chi connectivity index (χ0n) is 21.4. The van der Waals surface area contributed by atoms with Gasteiger partial charge >= 0.3 is 6.03 Å². The highest BCUT2D eigenvalue weighted by Gasteiger charge is 2.40. The minimum Gasteiger partial charge on any atom is -0.492 e. The van der Waals surface area contributed by atoms with Crippen LogP contribution in [0.2, 0.25) is 0 Å². The van der Waals surface area contributed by atoms with Crippen molar-refractivity contribution < 1.29 is 30.0 Å². The molecule has 1 fully saturated rings. The molecule has 9 heteroatoms. The normalized spacial score (nSPS) is 25.3. The number of aliphatic hydroxyl groups is 4. The van der Waals surface area contributed by atoms with Crippen molar-refractivity contribution in [2.24, 2.45) is 0 Å². The van der Waals surface area contributed by atoms with Gasteiger partial charge in [0.15, 0.2) is 0 Å². The summed E-state index contributed by atoms with van der Waals surface area (Å²) in [4.78, 5) is 11.8. The van der Waals surface area contributed by atoms with E-state index in [0.29, 0.717) is 24.7 Å². The van der Waals surface area contributed by atoms with Gasteiger partial charge in [0.1, 0.15) is 18.5 Å². The van der Waals surface area contributed by atoms with Gasteiger partial charge in [-0.15, -0.1) is 0 Å². The second kappa shape index (κ2) is 12.3. The van der Waals surface area contributed by atoms with Gasteiger partial charge in [-0.25, -0.2) is 15.7 Å². The molecule has 6 N–H and O–H groups in total. The van der Waals surface area contributed by atoms with Crippen molar-refractivity contribution in [1.82, 2.24) is 10.6 Å². The van der Waals surface area contributed by atoms with Crippen molar-refractivity contribution >= 4 is 16.9 Å².